The van der Waals surface area contributed by atoms with Crippen molar-refractivity contribution in [3.63, 3.8) is 0 Å². The maximum absolute atomic E-state index is 12.8. The molecule has 0 atom stereocenters. The van der Waals surface area contributed by atoms with E-state index < -0.39 is 5.82 Å². The standard InChI is InChI=1S/C10H7ClFN/c11-8-5-7(1-2-9(8)12)10(6-13)3-4-10/h1-2,5H,3-4H2. The SMILES string of the molecule is N#CC1(c2ccc(F)c(Cl)c2)CC1. The highest BCUT2D eigenvalue weighted by Gasteiger charge is 2.44. The van der Waals surface area contributed by atoms with E-state index in [-0.39, 0.29) is 10.4 Å². The van der Waals surface area contributed by atoms with Gasteiger partial charge in [-0.1, -0.05) is 17.7 Å². The summed E-state index contributed by atoms with van der Waals surface area (Å²) in [6.45, 7) is 0. The topological polar surface area (TPSA) is 23.8 Å². The van der Waals surface area contributed by atoms with E-state index in [0.29, 0.717) is 0 Å². The summed E-state index contributed by atoms with van der Waals surface area (Å²) >= 11 is 5.62. The van der Waals surface area contributed by atoms with Crippen LogP contribution in [0.15, 0.2) is 18.2 Å². The van der Waals surface area contributed by atoms with Crippen LogP contribution >= 0.6 is 11.6 Å². The van der Waals surface area contributed by atoms with E-state index in [1.54, 1.807) is 12.1 Å². The van der Waals surface area contributed by atoms with Crippen LogP contribution in [0.2, 0.25) is 5.02 Å². The highest BCUT2D eigenvalue weighted by Crippen LogP contribution is 2.48. The molecule has 1 aromatic rings. The largest absolute Gasteiger partial charge is 0.205 e. The average molecular weight is 196 g/mol. The van der Waals surface area contributed by atoms with Crippen LogP contribution in [0.25, 0.3) is 0 Å². The average Bonchev–Trinajstić information content (AvgIpc) is 2.90. The molecule has 1 aliphatic carbocycles. The summed E-state index contributed by atoms with van der Waals surface area (Å²) in [6, 6.07) is 6.73. The van der Waals surface area contributed by atoms with Crippen molar-refractivity contribution in [3.8, 4) is 6.07 Å². The zero-order chi connectivity index (χ0) is 9.47. The molecule has 0 aromatic heterocycles. The van der Waals surface area contributed by atoms with Crippen molar-refractivity contribution in [1.29, 1.82) is 5.26 Å². The number of halogens is 2. The Bertz CT molecular complexity index is 390. The maximum atomic E-state index is 12.8. The van der Waals surface area contributed by atoms with E-state index in [2.05, 4.69) is 6.07 Å². The third-order valence-corrected chi connectivity index (χ3v) is 2.73. The Kier molecular flexibility index (Phi) is 1.78. The van der Waals surface area contributed by atoms with E-state index >= 15 is 0 Å². The van der Waals surface area contributed by atoms with Gasteiger partial charge in [0.15, 0.2) is 0 Å². The van der Waals surface area contributed by atoms with Crippen LogP contribution in [0.5, 0.6) is 0 Å². The Morgan fingerprint density at radius 2 is 2.15 bits per heavy atom. The zero-order valence-corrected chi connectivity index (χ0v) is 7.61. The fourth-order valence-electron chi connectivity index (χ4n) is 1.38. The maximum Gasteiger partial charge on any atom is 0.141 e. The molecule has 1 fully saturated rings. The Balaban J connectivity index is 2.44. The molecule has 0 radical (unpaired) electrons. The van der Waals surface area contributed by atoms with Crippen LogP contribution in [-0.2, 0) is 5.41 Å². The summed E-state index contributed by atoms with van der Waals surface area (Å²) in [7, 11) is 0. The summed E-state index contributed by atoms with van der Waals surface area (Å²) in [4.78, 5) is 0. The van der Waals surface area contributed by atoms with Gasteiger partial charge in [0, 0.05) is 0 Å². The molecular formula is C10H7ClFN. The third-order valence-electron chi connectivity index (χ3n) is 2.44. The Hall–Kier alpha value is -1.07. The van der Waals surface area contributed by atoms with Gasteiger partial charge in [-0.15, -0.1) is 0 Å². The predicted octanol–water partition coefficient (Wildman–Crippen LogP) is 3.03. The molecule has 0 unspecified atom stereocenters. The first-order chi connectivity index (χ1) is 6.18. The van der Waals surface area contributed by atoms with Gasteiger partial charge < -0.3 is 0 Å². The molecule has 0 aliphatic heterocycles. The van der Waals surface area contributed by atoms with Crippen molar-refractivity contribution >= 4 is 11.6 Å². The Morgan fingerprint density at radius 3 is 2.62 bits per heavy atom. The molecule has 0 saturated heterocycles. The van der Waals surface area contributed by atoms with Crippen LogP contribution in [0.1, 0.15) is 18.4 Å². The minimum absolute atomic E-state index is 0.0963. The van der Waals surface area contributed by atoms with Gasteiger partial charge in [-0.3, -0.25) is 0 Å². The highest BCUT2D eigenvalue weighted by atomic mass is 35.5. The quantitative estimate of drug-likeness (QED) is 0.676. The summed E-state index contributed by atoms with van der Waals surface area (Å²) in [5, 5.41) is 8.98. The Labute approximate surface area is 80.7 Å². The molecule has 66 valence electrons. The second-order valence-electron chi connectivity index (χ2n) is 3.32. The Morgan fingerprint density at radius 1 is 1.46 bits per heavy atom. The van der Waals surface area contributed by atoms with E-state index in [1.165, 1.54) is 6.07 Å². The number of nitriles is 1. The molecule has 13 heavy (non-hydrogen) atoms. The molecule has 1 saturated carbocycles. The zero-order valence-electron chi connectivity index (χ0n) is 6.85. The lowest BCUT2D eigenvalue weighted by Gasteiger charge is -2.05. The van der Waals surface area contributed by atoms with Crippen LogP contribution in [0.3, 0.4) is 0 Å². The molecule has 1 aromatic carbocycles. The molecule has 3 heteroatoms. The van der Waals surface area contributed by atoms with Crippen LogP contribution in [-0.4, -0.2) is 0 Å². The second-order valence-corrected chi connectivity index (χ2v) is 3.73. The van der Waals surface area contributed by atoms with Crippen molar-refractivity contribution in [1.82, 2.24) is 0 Å². The summed E-state index contributed by atoms with van der Waals surface area (Å²) in [5.74, 6) is -0.431. The van der Waals surface area contributed by atoms with Gasteiger partial charge >= 0.3 is 0 Å². The summed E-state index contributed by atoms with van der Waals surface area (Å²) in [5.41, 5.74) is 0.457. The minimum atomic E-state index is -0.431. The van der Waals surface area contributed by atoms with Crippen molar-refractivity contribution in [2.45, 2.75) is 18.3 Å². The molecule has 0 amide bonds. The van der Waals surface area contributed by atoms with E-state index in [1.807, 2.05) is 0 Å². The summed E-state index contributed by atoms with van der Waals surface area (Å²) < 4.78 is 12.8. The van der Waals surface area contributed by atoms with Gasteiger partial charge in [-0.25, -0.2) is 4.39 Å². The van der Waals surface area contributed by atoms with Crippen LogP contribution in [0.4, 0.5) is 4.39 Å². The summed E-state index contributed by atoms with van der Waals surface area (Å²) in [6.07, 6.45) is 1.71. The van der Waals surface area contributed by atoms with Crippen LogP contribution in [0, 0.1) is 17.1 Å². The third kappa shape index (κ3) is 1.30. The number of benzene rings is 1. The number of nitrogens with zero attached hydrogens (tertiary/aromatic N) is 1. The van der Waals surface area contributed by atoms with Gasteiger partial charge in [0.05, 0.1) is 16.5 Å². The number of hydrogen-bond donors (Lipinski definition) is 0. The first-order valence-corrected chi connectivity index (χ1v) is 4.42. The molecule has 0 spiro atoms. The highest BCUT2D eigenvalue weighted by molar-refractivity contribution is 6.30. The molecule has 1 nitrogen and oxygen atoms in total. The lowest BCUT2D eigenvalue weighted by Crippen LogP contribution is -2.02. The lowest BCUT2D eigenvalue weighted by molar-refractivity contribution is 0.627. The van der Waals surface area contributed by atoms with Crippen molar-refractivity contribution in [3.05, 3.63) is 34.6 Å². The van der Waals surface area contributed by atoms with Gasteiger partial charge in [0.2, 0.25) is 0 Å². The van der Waals surface area contributed by atoms with E-state index in [9.17, 15) is 4.39 Å². The molecular weight excluding hydrogens is 189 g/mol. The molecule has 1 aliphatic rings. The van der Waals surface area contributed by atoms with Crippen molar-refractivity contribution < 1.29 is 4.39 Å². The number of rotatable bonds is 1. The minimum Gasteiger partial charge on any atom is -0.205 e. The lowest BCUT2D eigenvalue weighted by atomic mass is 9.98. The fraction of sp³-hybridized carbons (Fsp3) is 0.300. The monoisotopic (exact) mass is 195 g/mol. The van der Waals surface area contributed by atoms with Gasteiger partial charge in [0.1, 0.15) is 5.82 Å². The van der Waals surface area contributed by atoms with Gasteiger partial charge in [-0.05, 0) is 30.5 Å². The first kappa shape index (κ1) is 8.52. The molecule has 0 bridgehead atoms. The molecule has 0 N–H and O–H groups in total. The first-order valence-electron chi connectivity index (χ1n) is 4.05. The van der Waals surface area contributed by atoms with E-state index in [0.717, 1.165) is 18.4 Å². The van der Waals surface area contributed by atoms with Gasteiger partial charge in [0.25, 0.3) is 0 Å². The second kappa shape index (κ2) is 2.71. The van der Waals surface area contributed by atoms with Gasteiger partial charge in [-0.2, -0.15) is 5.26 Å². The molecule has 2 rings (SSSR count). The van der Waals surface area contributed by atoms with Crippen molar-refractivity contribution in [2.24, 2.45) is 0 Å². The van der Waals surface area contributed by atoms with E-state index in [4.69, 9.17) is 16.9 Å². The normalized spacial score (nSPS) is 17.9. The number of hydrogen-bond acceptors (Lipinski definition) is 1. The smallest absolute Gasteiger partial charge is 0.141 e. The van der Waals surface area contributed by atoms with Crippen LogP contribution < -0.4 is 0 Å². The fourth-order valence-corrected chi connectivity index (χ4v) is 1.56. The predicted molar refractivity (Wildman–Crippen MR) is 47.9 cm³/mol. The molecule has 0 heterocycles. The van der Waals surface area contributed by atoms with Crippen molar-refractivity contribution in [2.75, 3.05) is 0 Å².